The Bertz CT molecular complexity index is 226. The van der Waals surface area contributed by atoms with Gasteiger partial charge in [-0.2, -0.15) is 0 Å². The predicted octanol–water partition coefficient (Wildman–Crippen LogP) is 6.11. The number of ether oxygens (including phenoxy) is 2. The average Bonchev–Trinajstić information content (AvgIpc) is 2.40. The van der Waals surface area contributed by atoms with E-state index in [0.717, 1.165) is 6.42 Å². The Morgan fingerprint density at radius 2 is 1.29 bits per heavy atom. The molecule has 1 unspecified atom stereocenters. The van der Waals surface area contributed by atoms with Crippen molar-refractivity contribution < 1.29 is 9.47 Å². The summed E-state index contributed by atoms with van der Waals surface area (Å²) in [6.45, 7) is 14.5. The van der Waals surface area contributed by atoms with Gasteiger partial charge in [-0.3, -0.25) is 0 Å². The molecule has 1 atom stereocenters. The molecule has 0 aliphatic rings. The number of hydrogen-bond donors (Lipinski definition) is 0. The highest BCUT2D eigenvalue weighted by Gasteiger charge is 2.22. The third-order valence-corrected chi connectivity index (χ3v) is 3.61. The lowest BCUT2D eigenvalue weighted by Crippen LogP contribution is -2.31. The Labute approximate surface area is 133 Å². The molecule has 0 fully saturated rings. The zero-order valence-electron chi connectivity index (χ0n) is 15.1. The molecule has 2 nitrogen and oxygen atoms in total. The van der Waals surface area contributed by atoms with Crippen LogP contribution in [0.4, 0.5) is 0 Å². The Hall–Kier alpha value is -0.340. The van der Waals surface area contributed by atoms with Crippen LogP contribution in [0, 0.1) is 5.92 Å². The van der Waals surface area contributed by atoms with E-state index in [2.05, 4.69) is 41.2 Å². The van der Waals surface area contributed by atoms with E-state index in [-0.39, 0.29) is 18.5 Å². The number of hydrogen-bond acceptors (Lipinski definition) is 2. The van der Waals surface area contributed by atoms with E-state index in [1.165, 1.54) is 44.9 Å². The number of rotatable bonds is 14. The maximum atomic E-state index is 5.93. The lowest BCUT2D eigenvalue weighted by atomic mass is 9.99. The largest absolute Gasteiger partial charge is 0.349 e. The maximum Gasteiger partial charge on any atom is 0.164 e. The molecule has 0 aliphatic heterocycles. The quantitative estimate of drug-likeness (QED) is 0.219. The lowest BCUT2D eigenvalue weighted by molar-refractivity contribution is -0.200. The molecule has 0 aliphatic carbocycles. The van der Waals surface area contributed by atoms with Crippen LogP contribution in [-0.4, -0.2) is 18.5 Å². The van der Waals surface area contributed by atoms with Crippen LogP contribution < -0.4 is 0 Å². The van der Waals surface area contributed by atoms with E-state index in [9.17, 15) is 0 Å². The fourth-order valence-corrected chi connectivity index (χ4v) is 2.47. The minimum Gasteiger partial charge on any atom is -0.349 e. The molecule has 0 heterocycles. The van der Waals surface area contributed by atoms with Crippen LogP contribution in [0.2, 0.25) is 0 Å². The molecule has 0 rings (SSSR count). The van der Waals surface area contributed by atoms with Crippen LogP contribution in [0.5, 0.6) is 0 Å². The van der Waals surface area contributed by atoms with Gasteiger partial charge in [0.1, 0.15) is 0 Å². The van der Waals surface area contributed by atoms with Crippen LogP contribution in [0.15, 0.2) is 12.7 Å². The summed E-state index contributed by atoms with van der Waals surface area (Å²) in [4.78, 5) is 0. The molecule has 0 radical (unpaired) electrons. The van der Waals surface area contributed by atoms with Crippen molar-refractivity contribution in [2.24, 2.45) is 5.92 Å². The van der Waals surface area contributed by atoms with Crippen LogP contribution in [-0.2, 0) is 9.47 Å². The van der Waals surface area contributed by atoms with Gasteiger partial charge < -0.3 is 9.47 Å². The summed E-state index contributed by atoms with van der Waals surface area (Å²) in [6.07, 6.45) is 12.7. The summed E-state index contributed by atoms with van der Waals surface area (Å²) in [6, 6.07) is 0. The highest BCUT2D eigenvalue weighted by Crippen LogP contribution is 2.22. The van der Waals surface area contributed by atoms with Crippen LogP contribution >= 0.6 is 0 Å². The first-order valence-electron chi connectivity index (χ1n) is 8.94. The lowest BCUT2D eigenvalue weighted by Gasteiger charge is -2.28. The molecule has 126 valence electrons. The van der Waals surface area contributed by atoms with E-state index < -0.39 is 0 Å². The van der Waals surface area contributed by atoms with E-state index in [1.54, 1.807) is 0 Å². The van der Waals surface area contributed by atoms with Gasteiger partial charge in [-0.15, -0.1) is 6.58 Å². The monoisotopic (exact) mass is 298 g/mol. The third-order valence-electron chi connectivity index (χ3n) is 3.61. The Morgan fingerprint density at radius 3 is 1.71 bits per heavy atom. The van der Waals surface area contributed by atoms with E-state index in [4.69, 9.17) is 9.47 Å². The number of unbranched alkanes of at least 4 members (excludes halogenated alkanes) is 6. The summed E-state index contributed by atoms with van der Waals surface area (Å²) in [5.74, 6) is 0.297. The Balaban J connectivity index is 4.04. The van der Waals surface area contributed by atoms with Crippen molar-refractivity contribution in [2.75, 3.05) is 0 Å². The smallest absolute Gasteiger partial charge is 0.164 e. The van der Waals surface area contributed by atoms with Crippen molar-refractivity contribution in [3.05, 3.63) is 12.7 Å². The van der Waals surface area contributed by atoms with Gasteiger partial charge >= 0.3 is 0 Å². The zero-order chi connectivity index (χ0) is 16.1. The van der Waals surface area contributed by atoms with Crippen molar-refractivity contribution in [1.29, 1.82) is 0 Å². The highest BCUT2D eigenvalue weighted by molar-refractivity contribution is 4.82. The first kappa shape index (κ1) is 20.7. The van der Waals surface area contributed by atoms with Gasteiger partial charge in [0.15, 0.2) is 6.29 Å². The van der Waals surface area contributed by atoms with Crippen LogP contribution in [0.1, 0.15) is 86.0 Å². The second-order valence-corrected chi connectivity index (χ2v) is 6.55. The van der Waals surface area contributed by atoms with E-state index in [1.807, 2.05) is 6.08 Å². The van der Waals surface area contributed by atoms with Crippen molar-refractivity contribution >= 4 is 0 Å². The van der Waals surface area contributed by atoms with E-state index >= 15 is 0 Å². The molecule has 0 aromatic rings. The van der Waals surface area contributed by atoms with Gasteiger partial charge in [0.2, 0.25) is 0 Å². The topological polar surface area (TPSA) is 18.5 Å². The minimum atomic E-state index is -0.150. The standard InChI is InChI=1S/C19H38O2/c1-7-9-10-11-12-13-14-15-18(8-2)19(20-16(3)4)21-17(5)6/h8,16-19H,2,7,9-15H2,1,3-6H3. The summed E-state index contributed by atoms with van der Waals surface area (Å²) >= 11 is 0. The fraction of sp³-hybridized carbons (Fsp3) is 0.895. The maximum absolute atomic E-state index is 5.93. The molecular formula is C19H38O2. The molecule has 0 spiro atoms. The zero-order valence-corrected chi connectivity index (χ0v) is 15.1. The Kier molecular flexibility index (Phi) is 13.1. The van der Waals surface area contributed by atoms with Crippen molar-refractivity contribution in [3.8, 4) is 0 Å². The molecule has 0 aromatic carbocycles. The first-order chi connectivity index (χ1) is 10.0. The summed E-state index contributed by atoms with van der Waals surface area (Å²) in [5, 5.41) is 0. The minimum absolute atomic E-state index is 0.150. The molecule has 0 saturated carbocycles. The van der Waals surface area contributed by atoms with Gasteiger partial charge in [0, 0.05) is 5.92 Å². The second-order valence-electron chi connectivity index (χ2n) is 6.55. The molecule has 2 heteroatoms. The average molecular weight is 299 g/mol. The van der Waals surface area contributed by atoms with Crippen molar-refractivity contribution in [3.63, 3.8) is 0 Å². The molecular weight excluding hydrogens is 260 g/mol. The van der Waals surface area contributed by atoms with Gasteiger partial charge in [0.05, 0.1) is 12.2 Å². The summed E-state index contributed by atoms with van der Waals surface area (Å²) in [7, 11) is 0. The summed E-state index contributed by atoms with van der Waals surface area (Å²) < 4.78 is 11.9. The molecule has 0 saturated heterocycles. The molecule has 0 bridgehead atoms. The van der Waals surface area contributed by atoms with Gasteiger partial charge in [0.25, 0.3) is 0 Å². The van der Waals surface area contributed by atoms with Gasteiger partial charge in [-0.1, -0.05) is 57.9 Å². The van der Waals surface area contributed by atoms with E-state index in [0.29, 0.717) is 5.92 Å². The van der Waals surface area contributed by atoms with Crippen LogP contribution in [0.25, 0.3) is 0 Å². The normalized spacial score (nSPS) is 13.3. The molecule has 21 heavy (non-hydrogen) atoms. The Morgan fingerprint density at radius 1 is 0.810 bits per heavy atom. The SMILES string of the molecule is C=CC(CCCCCCCCC)C(OC(C)C)OC(C)C. The van der Waals surface area contributed by atoms with Gasteiger partial charge in [-0.25, -0.2) is 0 Å². The second kappa shape index (κ2) is 13.3. The first-order valence-corrected chi connectivity index (χ1v) is 8.94. The summed E-state index contributed by atoms with van der Waals surface area (Å²) in [5.41, 5.74) is 0. The molecule has 0 amide bonds. The molecule has 0 aromatic heterocycles. The highest BCUT2D eigenvalue weighted by atomic mass is 16.7. The third kappa shape index (κ3) is 11.9. The predicted molar refractivity (Wildman–Crippen MR) is 92.5 cm³/mol. The fourth-order valence-electron chi connectivity index (χ4n) is 2.47. The van der Waals surface area contributed by atoms with Crippen molar-refractivity contribution in [1.82, 2.24) is 0 Å². The molecule has 0 N–H and O–H groups in total. The van der Waals surface area contributed by atoms with Gasteiger partial charge in [-0.05, 0) is 34.1 Å². The van der Waals surface area contributed by atoms with Crippen LogP contribution in [0.3, 0.4) is 0 Å². The van der Waals surface area contributed by atoms with Crippen molar-refractivity contribution in [2.45, 2.75) is 104 Å².